The largest absolute Gasteiger partial charge is 0.465 e. The summed E-state index contributed by atoms with van der Waals surface area (Å²) in [4.78, 5) is 51.3. The third-order valence-electron chi connectivity index (χ3n) is 4.49. The van der Waals surface area contributed by atoms with E-state index in [2.05, 4.69) is 5.32 Å². The first kappa shape index (κ1) is 22.2. The Morgan fingerprint density at radius 3 is 2.34 bits per heavy atom. The van der Waals surface area contributed by atoms with Crippen LogP contribution in [0.3, 0.4) is 0 Å². The molecule has 1 heterocycles. The van der Waals surface area contributed by atoms with E-state index in [0.29, 0.717) is 11.3 Å². The molecule has 0 aliphatic carbocycles. The molecule has 2 rings (SSSR count). The Kier molecular flexibility index (Phi) is 5.91. The van der Waals surface area contributed by atoms with E-state index < -0.39 is 35.0 Å². The summed E-state index contributed by atoms with van der Waals surface area (Å²) >= 11 is 0. The molecule has 0 spiro atoms. The van der Waals surface area contributed by atoms with E-state index >= 15 is 0 Å². The number of rotatable bonds is 4. The van der Waals surface area contributed by atoms with Crippen LogP contribution in [0.4, 0.5) is 16.2 Å². The van der Waals surface area contributed by atoms with Gasteiger partial charge >= 0.3 is 18.0 Å². The van der Waals surface area contributed by atoms with Gasteiger partial charge in [0.05, 0.1) is 30.7 Å². The normalized spacial score (nSPS) is 18.2. The number of carbonyl (C=O) groups excluding carboxylic acids is 4. The van der Waals surface area contributed by atoms with Crippen molar-refractivity contribution in [2.45, 2.75) is 45.6 Å². The van der Waals surface area contributed by atoms with E-state index in [4.69, 9.17) is 14.2 Å². The highest BCUT2D eigenvalue weighted by atomic mass is 16.6. The lowest BCUT2D eigenvalue weighted by Gasteiger charge is -2.22. The minimum atomic E-state index is -1.62. The predicted octanol–water partition coefficient (Wildman–Crippen LogP) is 2.62. The molecule has 1 aromatic rings. The number of methoxy groups -OCH3 is 1. The van der Waals surface area contributed by atoms with Gasteiger partial charge in [-0.05, 0) is 46.8 Å². The second-order valence-corrected chi connectivity index (χ2v) is 7.74. The highest BCUT2D eigenvalue weighted by Gasteiger charge is 2.53. The molecule has 1 N–H and O–H groups in total. The molecule has 1 aliphatic rings. The number of ether oxygens (including phenoxy) is 3. The van der Waals surface area contributed by atoms with Crippen molar-refractivity contribution in [3.05, 3.63) is 23.3 Å². The number of anilines is 2. The SMILES string of the molecule is CCOC(=O)C1(C)C(=O)N(C)c2cc(NC(=O)OC(C)(C)C)c(C(=O)OC)cc21. The van der Waals surface area contributed by atoms with Crippen LogP contribution in [0, 0.1) is 0 Å². The van der Waals surface area contributed by atoms with Gasteiger partial charge in [0.2, 0.25) is 5.91 Å². The van der Waals surface area contributed by atoms with Gasteiger partial charge in [0.1, 0.15) is 5.60 Å². The molecule has 0 saturated carbocycles. The molecular formula is C20H26N2O7. The molecule has 0 radical (unpaired) electrons. The fraction of sp³-hybridized carbons (Fsp3) is 0.500. The molecule has 158 valence electrons. The van der Waals surface area contributed by atoms with Crippen LogP contribution >= 0.6 is 0 Å². The molecule has 0 fully saturated rings. The summed E-state index contributed by atoms with van der Waals surface area (Å²) in [5.41, 5.74) is -1.63. The fourth-order valence-corrected chi connectivity index (χ4v) is 3.09. The van der Waals surface area contributed by atoms with Crippen molar-refractivity contribution < 1.29 is 33.4 Å². The molecule has 29 heavy (non-hydrogen) atoms. The molecule has 1 aromatic carbocycles. The number of hydrogen-bond acceptors (Lipinski definition) is 7. The summed E-state index contributed by atoms with van der Waals surface area (Å²) in [5, 5.41) is 2.51. The van der Waals surface area contributed by atoms with Crippen molar-refractivity contribution in [1.82, 2.24) is 0 Å². The van der Waals surface area contributed by atoms with E-state index in [1.807, 2.05) is 0 Å². The Labute approximate surface area is 169 Å². The second-order valence-electron chi connectivity index (χ2n) is 7.74. The molecule has 0 saturated heterocycles. The van der Waals surface area contributed by atoms with Gasteiger partial charge in [-0.25, -0.2) is 9.59 Å². The van der Waals surface area contributed by atoms with E-state index in [9.17, 15) is 19.2 Å². The van der Waals surface area contributed by atoms with Gasteiger partial charge in [0.15, 0.2) is 5.41 Å². The summed E-state index contributed by atoms with van der Waals surface area (Å²) < 4.78 is 15.1. The van der Waals surface area contributed by atoms with Gasteiger partial charge in [0.25, 0.3) is 0 Å². The number of nitrogens with zero attached hydrogens (tertiary/aromatic N) is 1. The van der Waals surface area contributed by atoms with Gasteiger partial charge in [-0.15, -0.1) is 0 Å². The average molecular weight is 406 g/mol. The van der Waals surface area contributed by atoms with E-state index in [0.717, 1.165) is 0 Å². The minimum Gasteiger partial charge on any atom is -0.465 e. The van der Waals surface area contributed by atoms with Gasteiger partial charge < -0.3 is 19.1 Å². The van der Waals surface area contributed by atoms with Gasteiger partial charge in [0, 0.05) is 12.6 Å². The summed E-state index contributed by atoms with van der Waals surface area (Å²) in [6.45, 7) is 8.29. The average Bonchev–Trinajstić information content (AvgIpc) is 2.81. The van der Waals surface area contributed by atoms with Crippen molar-refractivity contribution in [3.63, 3.8) is 0 Å². The van der Waals surface area contributed by atoms with Crippen LogP contribution < -0.4 is 10.2 Å². The molecule has 2 amide bonds. The highest BCUT2D eigenvalue weighted by Crippen LogP contribution is 2.44. The van der Waals surface area contributed by atoms with Gasteiger partial charge in [-0.2, -0.15) is 0 Å². The lowest BCUT2D eigenvalue weighted by molar-refractivity contribution is -0.152. The molecule has 1 aliphatic heterocycles. The topological polar surface area (TPSA) is 111 Å². The fourth-order valence-electron chi connectivity index (χ4n) is 3.09. The van der Waals surface area contributed by atoms with E-state index in [1.54, 1.807) is 27.7 Å². The third-order valence-corrected chi connectivity index (χ3v) is 4.49. The van der Waals surface area contributed by atoms with Crippen LogP contribution in [-0.2, 0) is 29.2 Å². The molecule has 9 nitrogen and oxygen atoms in total. The minimum absolute atomic E-state index is 0.0178. The van der Waals surface area contributed by atoms with E-state index in [1.165, 1.54) is 38.1 Å². The smallest absolute Gasteiger partial charge is 0.412 e. The Bertz CT molecular complexity index is 872. The maximum absolute atomic E-state index is 12.9. The number of esters is 2. The Balaban J connectivity index is 2.61. The Morgan fingerprint density at radius 2 is 1.83 bits per heavy atom. The number of likely N-dealkylation sites (N-methyl/N-ethyl adjacent to an activating group) is 1. The quantitative estimate of drug-likeness (QED) is 0.465. The molecular weight excluding hydrogens is 380 g/mol. The first-order valence-electron chi connectivity index (χ1n) is 9.09. The Hall–Kier alpha value is -3.10. The van der Waals surface area contributed by atoms with Crippen molar-refractivity contribution >= 4 is 35.3 Å². The van der Waals surface area contributed by atoms with Crippen LogP contribution in [0.15, 0.2) is 12.1 Å². The number of hydrogen-bond donors (Lipinski definition) is 1. The maximum atomic E-state index is 12.9. The third kappa shape index (κ3) is 4.03. The summed E-state index contributed by atoms with van der Waals surface area (Å²) in [5.74, 6) is -1.97. The lowest BCUT2D eigenvalue weighted by atomic mass is 9.82. The Morgan fingerprint density at radius 1 is 1.21 bits per heavy atom. The highest BCUT2D eigenvalue weighted by molar-refractivity contribution is 6.21. The second kappa shape index (κ2) is 7.73. The monoisotopic (exact) mass is 406 g/mol. The molecule has 0 aromatic heterocycles. The predicted molar refractivity (Wildman–Crippen MR) is 105 cm³/mol. The molecule has 0 bridgehead atoms. The zero-order valence-corrected chi connectivity index (χ0v) is 17.7. The zero-order valence-electron chi connectivity index (χ0n) is 17.7. The zero-order chi connectivity index (χ0) is 22.1. The number of carbonyl (C=O) groups is 4. The maximum Gasteiger partial charge on any atom is 0.412 e. The van der Waals surface area contributed by atoms with Crippen LogP contribution in [0.25, 0.3) is 0 Å². The van der Waals surface area contributed by atoms with Crippen molar-refractivity contribution in [3.8, 4) is 0 Å². The summed E-state index contributed by atoms with van der Waals surface area (Å²) in [6.07, 6.45) is -0.775. The van der Waals surface area contributed by atoms with Crippen molar-refractivity contribution in [1.29, 1.82) is 0 Å². The van der Waals surface area contributed by atoms with Crippen LogP contribution in [0.2, 0.25) is 0 Å². The van der Waals surface area contributed by atoms with Crippen LogP contribution in [0.1, 0.15) is 50.5 Å². The van der Waals surface area contributed by atoms with Gasteiger partial charge in [-0.1, -0.05) is 0 Å². The summed E-state index contributed by atoms with van der Waals surface area (Å²) in [6, 6.07) is 2.81. The van der Waals surface area contributed by atoms with Crippen molar-refractivity contribution in [2.75, 3.05) is 31.0 Å². The standard InChI is InChI=1S/C20H26N2O7/c1-8-28-17(25)20(5)12-9-11(15(23)27-7)13(10-14(12)22(6)16(20)24)21-18(26)29-19(2,3)4/h9-10H,8H2,1-7H3,(H,21,26). The first-order chi connectivity index (χ1) is 13.4. The number of nitrogens with one attached hydrogen (secondary N) is 1. The number of fused-ring (bicyclic) bond motifs is 1. The molecule has 1 atom stereocenters. The summed E-state index contributed by atoms with van der Waals surface area (Å²) in [7, 11) is 2.69. The molecule has 1 unspecified atom stereocenters. The number of amides is 2. The van der Waals surface area contributed by atoms with Crippen LogP contribution in [0.5, 0.6) is 0 Å². The number of benzene rings is 1. The van der Waals surface area contributed by atoms with Crippen LogP contribution in [-0.4, -0.2) is 50.3 Å². The van der Waals surface area contributed by atoms with Gasteiger partial charge in [-0.3, -0.25) is 14.9 Å². The molecule has 9 heteroatoms. The lowest BCUT2D eigenvalue weighted by Crippen LogP contribution is -2.43. The first-order valence-corrected chi connectivity index (χ1v) is 9.09. The van der Waals surface area contributed by atoms with Crippen molar-refractivity contribution in [2.24, 2.45) is 0 Å². The van der Waals surface area contributed by atoms with E-state index in [-0.39, 0.29) is 17.9 Å².